The second kappa shape index (κ2) is 9.13. The van der Waals surface area contributed by atoms with Gasteiger partial charge < -0.3 is 10.5 Å². The van der Waals surface area contributed by atoms with Crippen molar-refractivity contribution in [3.05, 3.63) is 29.7 Å². The molecule has 7 heteroatoms. The molecule has 2 rings (SSSR count). The van der Waals surface area contributed by atoms with E-state index in [0.29, 0.717) is 5.11 Å². The molecule has 1 fully saturated rings. The summed E-state index contributed by atoms with van der Waals surface area (Å²) in [5, 5.41) is 4.87. The Morgan fingerprint density at radius 2 is 1.95 bits per heavy atom. The molecule has 1 aromatic heterocycles. The third-order valence-electron chi connectivity index (χ3n) is 3.11. The van der Waals surface area contributed by atoms with E-state index in [-0.39, 0.29) is 17.1 Å². The van der Waals surface area contributed by atoms with Crippen molar-refractivity contribution in [2.75, 3.05) is 13.1 Å². The molecule has 0 aliphatic carbocycles. The number of hydrogen-bond donors (Lipinski definition) is 0. The van der Waals surface area contributed by atoms with Gasteiger partial charge >= 0.3 is 17.1 Å². The van der Waals surface area contributed by atoms with Crippen LogP contribution in [-0.4, -0.2) is 38.8 Å². The first kappa shape index (κ1) is 17.2. The largest absolute Gasteiger partial charge is 2.00 e. The van der Waals surface area contributed by atoms with Crippen molar-refractivity contribution in [2.45, 2.75) is 32.6 Å². The average molecular weight is 341 g/mol. The quantitative estimate of drug-likeness (QED) is 0.206. The molecular formula is C13H19CuN5S+2. The minimum absolute atomic E-state index is 0. The van der Waals surface area contributed by atoms with Crippen LogP contribution in [0.25, 0.3) is 5.43 Å². The van der Waals surface area contributed by atoms with Crippen LogP contribution in [0.15, 0.2) is 23.7 Å². The first-order chi connectivity index (χ1) is 9.27. The number of nitrogens with zero attached hydrogens (tertiary/aromatic N) is 5. The molecule has 1 aromatic rings. The Bertz CT molecular complexity index is 443. The van der Waals surface area contributed by atoms with Crippen LogP contribution < -0.4 is 0 Å². The normalized spacial score (nSPS) is 16.9. The summed E-state index contributed by atoms with van der Waals surface area (Å²) in [5.41, 5.74) is 5.68. The predicted octanol–water partition coefficient (Wildman–Crippen LogP) is 1.81. The number of likely N-dealkylation sites (tertiary alicyclic amines) is 1. The van der Waals surface area contributed by atoms with Crippen LogP contribution in [0.3, 0.4) is 0 Å². The van der Waals surface area contributed by atoms with Gasteiger partial charge in [0.15, 0.2) is 17.3 Å². The first-order valence-corrected chi connectivity index (χ1v) is 7.04. The summed E-state index contributed by atoms with van der Waals surface area (Å²) in [6, 6.07) is 0. The smallest absolute Gasteiger partial charge is 0.515 e. The molecule has 1 aliphatic heterocycles. The summed E-state index contributed by atoms with van der Waals surface area (Å²) < 4.78 is 0. The second-order valence-corrected chi connectivity index (χ2v) is 4.98. The molecule has 1 saturated heterocycles. The standard InChI is InChI=1S/C13H19N5S.Cu/c1-11(12-10-14-6-7-15-12)16-17-13(19)18-8-4-2-3-5-9-18;/h6-7,10H,2-5,8-9H2,1H3,(H,15,17,19);/q;+2. The van der Waals surface area contributed by atoms with E-state index < -0.39 is 0 Å². The monoisotopic (exact) mass is 340 g/mol. The summed E-state index contributed by atoms with van der Waals surface area (Å²) in [5.74, 6) is 0. The molecule has 2 heterocycles. The van der Waals surface area contributed by atoms with Crippen molar-refractivity contribution in [1.29, 1.82) is 0 Å². The van der Waals surface area contributed by atoms with Gasteiger partial charge in [-0.2, -0.15) is 0 Å². The van der Waals surface area contributed by atoms with E-state index in [0.717, 1.165) is 24.5 Å². The van der Waals surface area contributed by atoms with Crippen LogP contribution >= 0.6 is 0 Å². The minimum Gasteiger partial charge on any atom is -0.515 e. The summed E-state index contributed by atoms with van der Waals surface area (Å²) >= 11 is 4.44. The van der Waals surface area contributed by atoms with Gasteiger partial charge in [-0.25, -0.2) is 4.90 Å². The molecule has 20 heavy (non-hydrogen) atoms. The third kappa shape index (κ3) is 5.25. The zero-order valence-corrected chi connectivity index (χ0v) is 13.3. The maximum absolute atomic E-state index is 4.44. The van der Waals surface area contributed by atoms with Crippen molar-refractivity contribution < 1.29 is 17.1 Å². The van der Waals surface area contributed by atoms with Gasteiger partial charge in [0, 0.05) is 31.2 Å². The fraction of sp³-hybridized carbons (Fsp3) is 0.538. The maximum atomic E-state index is 4.44. The molecule has 0 spiro atoms. The number of rotatable bonds is 2. The van der Waals surface area contributed by atoms with Gasteiger partial charge in [-0.1, -0.05) is 12.8 Å². The van der Waals surface area contributed by atoms with E-state index in [9.17, 15) is 0 Å². The van der Waals surface area contributed by atoms with Crippen molar-refractivity contribution in [3.8, 4) is 0 Å². The van der Waals surface area contributed by atoms with E-state index in [4.69, 9.17) is 0 Å². The van der Waals surface area contributed by atoms with Crippen LogP contribution in [0.4, 0.5) is 0 Å². The molecule has 1 radical (unpaired) electrons. The van der Waals surface area contributed by atoms with Crippen molar-refractivity contribution in [2.24, 2.45) is 5.10 Å². The molecule has 0 unspecified atom stereocenters. The number of hydrogen-bond acceptors (Lipinski definition) is 3. The fourth-order valence-electron chi connectivity index (χ4n) is 1.99. The molecule has 1 aliphatic rings. The minimum atomic E-state index is 0. The van der Waals surface area contributed by atoms with E-state index in [2.05, 4.69) is 37.6 Å². The molecule has 0 amide bonds. The Balaban J connectivity index is 0.00000200. The second-order valence-electron chi connectivity index (χ2n) is 4.58. The summed E-state index contributed by atoms with van der Waals surface area (Å²) in [7, 11) is 0. The SMILES string of the molecule is CC(=N[N-]C(=[SH+])N1CCCCCC1)c1cnccn1.[Cu+2]. The van der Waals surface area contributed by atoms with Crippen molar-refractivity contribution >= 4 is 23.0 Å². The van der Waals surface area contributed by atoms with Crippen LogP contribution in [0.5, 0.6) is 0 Å². The molecule has 0 atom stereocenters. The Kier molecular flexibility index (Phi) is 7.84. The zero-order chi connectivity index (χ0) is 13.5. The Hall–Kier alpha value is -0.881. The first-order valence-electron chi connectivity index (χ1n) is 6.60. The predicted molar refractivity (Wildman–Crippen MR) is 81.4 cm³/mol. The molecule has 5 nitrogen and oxygen atoms in total. The topological polar surface area (TPSA) is 55.5 Å². The van der Waals surface area contributed by atoms with Crippen LogP contribution in [0.1, 0.15) is 38.3 Å². The summed E-state index contributed by atoms with van der Waals surface area (Å²) in [4.78, 5) is 10.4. The zero-order valence-electron chi connectivity index (χ0n) is 11.5. The maximum Gasteiger partial charge on any atom is 2.00 e. The average Bonchev–Trinajstić information content (AvgIpc) is 2.74. The third-order valence-corrected chi connectivity index (χ3v) is 3.48. The molecule has 0 N–H and O–H groups in total. The Morgan fingerprint density at radius 3 is 2.55 bits per heavy atom. The van der Waals surface area contributed by atoms with Gasteiger partial charge in [0.25, 0.3) is 0 Å². The number of aromatic nitrogens is 2. The molecule has 0 aromatic carbocycles. The van der Waals surface area contributed by atoms with Crippen LogP contribution in [-0.2, 0) is 29.3 Å². The van der Waals surface area contributed by atoms with Gasteiger partial charge in [-0.3, -0.25) is 9.97 Å². The Morgan fingerprint density at radius 1 is 1.25 bits per heavy atom. The van der Waals surface area contributed by atoms with E-state index in [1.165, 1.54) is 25.7 Å². The van der Waals surface area contributed by atoms with Gasteiger partial charge in [0.1, 0.15) is 5.69 Å². The fourth-order valence-corrected chi connectivity index (χ4v) is 2.24. The number of thiol groups is 1. The Labute approximate surface area is 135 Å². The summed E-state index contributed by atoms with van der Waals surface area (Å²) in [6.45, 7) is 3.90. The molecule has 0 saturated carbocycles. The summed E-state index contributed by atoms with van der Waals surface area (Å²) in [6.07, 6.45) is 9.95. The van der Waals surface area contributed by atoms with Crippen LogP contribution in [0.2, 0.25) is 0 Å². The van der Waals surface area contributed by atoms with E-state index in [1.54, 1.807) is 18.6 Å². The van der Waals surface area contributed by atoms with Gasteiger partial charge in [-0.15, -0.1) is 0 Å². The van der Waals surface area contributed by atoms with E-state index in [1.807, 2.05) is 6.92 Å². The van der Waals surface area contributed by atoms with Gasteiger partial charge in [0.05, 0.1) is 6.20 Å². The molecule has 111 valence electrons. The van der Waals surface area contributed by atoms with Crippen molar-refractivity contribution in [3.63, 3.8) is 0 Å². The molecule has 0 bridgehead atoms. The van der Waals surface area contributed by atoms with Crippen LogP contribution in [0, 0.1) is 0 Å². The van der Waals surface area contributed by atoms with E-state index >= 15 is 0 Å². The molecular weight excluding hydrogens is 322 g/mol. The van der Waals surface area contributed by atoms with Crippen molar-refractivity contribution in [1.82, 2.24) is 14.9 Å². The van der Waals surface area contributed by atoms with Gasteiger partial charge in [-0.05, 0) is 19.8 Å². The van der Waals surface area contributed by atoms with Gasteiger partial charge in [0.2, 0.25) is 0 Å².